The molecule has 4 heteroatoms. The van der Waals surface area contributed by atoms with Gasteiger partial charge in [0.15, 0.2) is 0 Å². The molecule has 19 heavy (non-hydrogen) atoms. The second-order valence-corrected chi connectivity index (χ2v) is 7.54. The van der Waals surface area contributed by atoms with Crippen LogP contribution >= 0.6 is 12.4 Å². The molecule has 3 saturated carbocycles. The van der Waals surface area contributed by atoms with Gasteiger partial charge in [-0.15, -0.1) is 12.4 Å². The summed E-state index contributed by atoms with van der Waals surface area (Å²) >= 11 is 0. The van der Waals surface area contributed by atoms with Crippen LogP contribution in [0.5, 0.6) is 0 Å². The largest absolute Gasteiger partial charge is 0.342 e. The highest BCUT2D eigenvalue weighted by Gasteiger charge is 2.68. The Hall–Kier alpha value is -0.280. The monoisotopic (exact) mass is 284 g/mol. The zero-order valence-electron chi connectivity index (χ0n) is 11.7. The highest BCUT2D eigenvalue weighted by Crippen LogP contribution is 2.69. The van der Waals surface area contributed by atoms with E-state index in [0.717, 1.165) is 43.2 Å². The zero-order valence-corrected chi connectivity index (χ0v) is 12.5. The Morgan fingerprint density at radius 2 is 1.95 bits per heavy atom. The van der Waals surface area contributed by atoms with Gasteiger partial charge in [-0.25, -0.2) is 0 Å². The lowest BCUT2D eigenvalue weighted by Crippen LogP contribution is -2.36. The third-order valence-corrected chi connectivity index (χ3v) is 6.38. The minimum atomic E-state index is 0. The van der Waals surface area contributed by atoms with Crippen molar-refractivity contribution in [2.45, 2.75) is 32.6 Å². The first-order chi connectivity index (χ1) is 8.63. The van der Waals surface area contributed by atoms with E-state index >= 15 is 0 Å². The van der Waals surface area contributed by atoms with E-state index in [0.29, 0.717) is 18.4 Å². The van der Waals surface area contributed by atoms with Crippen LogP contribution in [-0.4, -0.2) is 30.4 Å². The number of nitrogens with zero attached hydrogens (tertiary/aromatic N) is 1. The number of fused-ring (bicyclic) bond motifs is 5. The molecule has 4 fully saturated rings. The number of hydrogen-bond acceptors (Lipinski definition) is 2. The first-order valence-electron chi connectivity index (χ1n) is 7.62. The molecule has 4 aliphatic rings. The third-order valence-electron chi connectivity index (χ3n) is 6.38. The van der Waals surface area contributed by atoms with Crippen LogP contribution in [0.1, 0.15) is 32.6 Å². The molecule has 0 aromatic carbocycles. The van der Waals surface area contributed by atoms with Crippen LogP contribution in [-0.2, 0) is 4.79 Å². The topological polar surface area (TPSA) is 46.3 Å². The number of halogens is 1. The van der Waals surface area contributed by atoms with Gasteiger partial charge in [0.05, 0.1) is 0 Å². The molecule has 2 N–H and O–H groups in total. The van der Waals surface area contributed by atoms with Crippen molar-refractivity contribution in [2.75, 3.05) is 19.6 Å². The zero-order chi connectivity index (χ0) is 12.5. The number of nitrogens with two attached hydrogens (primary N) is 1. The van der Waals surface area contributed by atoms with Crippen LogP contribution in [0.25, 0.3) is 0 Å². The number of hydrogen-bond donors (Lipinski definition) is 1. The Labute approximate surface area is 121 Å². The molecule has 2 bridgehead atoms. The molecule has 3 nitrogen and oxygen atoms in total. The minimum Gasteiger partial charge on any atom is -0.342 e. The molecule has 1 amide bonds. The summed E-state index contributed by atoms with van der Waals surface area (Å²) in [7, 11) is 0. The molecule has 1 heterocycles. The van der Waals surface area contributed by atoms with Gasteiger partial charge in [0.2, 0.25) is 5.91 Å². The molecule has 1 aliphatic heterocycles. The Morgan fingerprint density at radius 1 is 1.32 bits per heavy atom. The maximum Gasteiger partial charge on any atom is 0.226 e. The van der Waals surface area contributed by atoms with E-state index in [1.54, 1.807) is 0 Å². The van der Waals surface area contributed by atoms with Gasteiger partial charge in [-0.2, -0.15) is 0 Å². The van der Waals surface area contributed by atoms with Crippen molar-refractivity contribution in [3.8, 4) is 0 Å². The van der Waals surface area contributed by atoms with E-state index in [4.69, 9.17) is 5.73 Å². The number of amides is 1. The van der Waals surface area contributed by atoms with Crippen LogP contribution in [0.15, 0.2) is 0 Å². The van der Waals surface area contributed by atoms with E-state index in [9.17, 15) is 4.79 Å². The molecule has 1 saturated heterocycles. The summed E-state index contributed by atoms with van der Waals surface area (Å²) < 4.78 is 0. The van der Waals surface area contributed by atoms with Gasteiger partial charge in [0.25, 0.3) is 0 Å². The maximum absolute atomic E-state index is 12.6. The highest BCUT2D eigenvalue weighted by molar-refractivity contribution is 5.85. The number of rotatable bonds is 2. The van der Waals surface area contributed by atoms with Crippen molar-refractivity contribution in [3.63, 3.8) is 0 Å². The first-order valence-corrected chi connectivity index (χ1v) is 7.62. The molecule has 0 aromatic heterocycles. The molecule has 0 aromatic rings. The average molecular weight is 285 g/mol. The predicted molar refractivity (Wildman–Crippen MR) is 76.9 cm³/mol. The molecule has 108 valence electrons. The lowest BCUT2D eigenvalue weighted by molar-refractivity contribution is -0.133. The van der Waals surface area contributed by atoms with Gasteiger partial charge in [0.1, 0.15) is 0 Å². The first kappa shape index (κ1) is 13.7. The molecular weight excluding hydrogens is 260 g/mol. The summed E-state index contributed by atoms with van der Waals surface area (Å²) in [6, 6.07) is 0. The molecule has 3 aliphatic carbocycles. The van der Waals surface area contributed by atoms with E-state index in [2.05, 4.69) is 11.8 Å². The SMILES string of the molecule is CC1(CN)CCN(C(=O)C2C3C4CCC(C4)C23)C1.Cl. The Balaban J connectivity index is 0.00000110. The number of likely N-dealkylation sites (tertiary alicyclic amines) is 1. The van der Waals surface area contributed by atoms with Gasteiger partial charge in [-0.05, 0) is 61.3 Å². The molecular formula is C15H25ClN2O. The van der Waals surface area contributed by atoms with E-state index in [1.807, 2.05) is 0 Å². The summed E-state index contributed by atoms with van der Waals surface area (Å²) in [6.07, 6.45) is 5.32. The maximum atomic E-state index is 12.6. The van der Waals surface area contributed by atoms with Crippen molar-refractivity contribution < 1.29 is 4.79 Å². The van der Waals surface area contributed by atoms with E-state index in [1.165, 1.54) is 19.3 Å². The predicted octanol–water partition coefficient (Wildman–Crippen LogP) is 1.90. The average Bonchev–Trinajstić information content (AvgIpc) is 2.72. The van der Waals surface area contributed by atoms with Crippen molar-refractivity contribution in [2.24, 2.45) is 40.7 Å². The fourth-order valence-corrected chi connectivity index (χ4v) is 5.24. The number of carbonyl (C=O) groups excluding carboxylic acids is 1. The lowest BCUT2D eigenvalue weighted by Gasteiger charge is -2.23. The Morgan fingerprint density at radius 3 is 2.47 bits per heavy atom. The molecule has 4 rings (SSSR count). The smallest absolute Gasteiger partial charge is 0.226 e. The third kappa shape index (κ3) is 1.84. The summed E-state index contributed by atoms with van der Waals surface area (Å²) in [5.74, 6) is 4.24. The van der Waals surface area contributed by atoms with Crippen LogP contribution in [0.2, 0.25) is 0 Å². The minimum absolute atomic E-state index is 0. The number of carbonyl (C=O) groups is 1. The van der Waals surface area contributed by atoms with Gasteiger partial charge < -0.3 is 10.6 Å². The van der Waals surface area contributed by atoms with Crippen LogP contribution < -0.4 is 5.73 Å². The van der Waals surface area contributed by atoms with E-state index < -0.39 is 0 Å². The van der Waals surface area contributed by atoms with Gasteiger partial charge >= 0.3 is 0 Å². The van der Waals surface area contributed by atoms with Crippen molar-refractivity contribution in [3.05, 3.63) is 0 Å². The quantitative estimate of drug-likeness (QED) is 0.842. The highest BCUT2D eigenvalue weighted by atomic mass is 35.5. The van der Waals surface area contributed by atoms with E-state index in [-0.39, 0.29) is 17.8 Å². The lowest BCUT2D eigenvalue weighted by atomic mass is 9.90. The van der Waals surface area contributed by atoms with Crippen molar-refractivity contribution in [1.82, 2.24) is 4.90 Å². The second kappa shape index (κ2) is 4.36. The Kier molecular flexibility index (Phi) is 3.14. The standard InChI is InChI=1S/C15H24N2O.ClH/c1-15(7-16)4-5-17(8-15)14(18)13-11-9-2-3-10(6-9)12(11)13;/h9-13H,2-8,16H2,1H3;1H. The van der Waals surface area contributed by atoms with Gasteiger partial charge in [0, 0.05) is 19.0 Å². The van der Waals surface area contributed by atoms with Crippen molar-refractivity contribution in [1.29, 1.82) is 0 Å². The molecule has 0 spiro atoms. The fraction of sp³-hybridized carbons (Fsp3) is 0.933. The van der Waals surface area contributed by atoms with Gasteiger partial charge in [-0.1, -0.05) is 6.92 Å². The summed E-state index contributed by atoms with van der Waals surface area (Å²) in [4.78, 5) is 14.7. The summed E-state index contributed by atoms with van der Waals surface area (Å²) in [5.41, 5.74) is 6.01. The molecule has 5 atom stereocenters. The normalized spacial score (nSPS) is 50.0. The van der Waals surface area contributed by atoms with Crippen molar-refractivity contribution >= 4 is 18.3 Å². The molecule has 0 radical (unpaired) electrons. The molecule has 5 unspecified atom stereocenters. The van der Waals surface area contributed by atoms with Crippen LogP contribution in [0.3, 0.4) is 0 Å². The summed E-state index contributed by atoms with van der Waals surface area (Å²) in [5, 5.41) is 0. The fourth-order valence-electron chi connectivity index (χ4n) is 5.24. The summed E-state index contributed by atoms with van der Waals surface area (Å²) in [6.45, 7) is 4.77. The van der Waals surface area contributed by atoms with Gasteiger partial charge in [-0.3, -0.25) is 4.79 Å². The van der Waals surface area contributed by atoms with Crippen LogP contribution in [0.4, 0.5) is 0 Å². The van der Waals surface area contributed by atoms with Crippen LogP contribution in [0, 0.1) is 35.0 Å². The Bertz CT molecular complexity index is 386. The second-order valence-electron chi connectivity index (χ2n) is 7.54.